The summed E-state index contributed by atoms with van der Waals surface area (Å²) in [6, 6.07) is 7.10. The Hall–Kier alpha value is -2.63. The molecule has 0 aliphatic rings. The number of H-pyrrole nitrogens is 1. The number of aromatic nitrogens is 4. The van der Waals surface area contributed by atoms with E-state index in [9.17, 15) is 4.79 Å². The van der Waals surface area contributed by atoms with Crippen molar-refractivity contribution in [3.8, 4) is 11.4 Å². The first kappa shape index (κ1) is 11.5. The van der Waals surface area contributed by atoms with Crippen molar-refractivity contribution in [2.45, 2.75) is 13.8 Å². The highest BCUT2D eigenvalue weighted by atomic mass is 16.1. The van der Waals surface area contributed by atoms with E-state index >= 15 is 0 Å². The smallest absolute Gasteiger partial charge is 0.274 e. The van der Waals surface area contributed by atoms with Crippen LogP contribution in [0.25, 0.3) is 17.2 Å². The van der Waals surface area contributed by atoms with Gasteiger partial charge >= 0.3 is 0 Å². The Bertz CT molecular complexity index is 831. The molecule has 0 fully saturated rings. The third-order valence-electron chi connectivity index (χ3n) is 3.01. The predicted octanol–water partition coefficient (Wildman–Crippen LogP) is 1.28. The highest BCUT2D eigenvalue weighted by Crippen LogP contribution is 2.20. The first-order valence-corrected chi connectivity index (χ1v) is 5.87. The van der Waals surface area contributed by atoms with Gasteiger partial charge in [-0.25, -0.2) is 4.98 Å². The van der Waals surface area contributed by atoms with Gasteiger partial charge in [-0.3, -0.25) is 9.89 Å². The minimum Gasteiger partial charge on any atom is -0.398 e. The van der Waals surface area contributed by atoms with Gasteiger partial charge < -0.3 is 5.73 Å². The van der Waals surface area contributed by atoms with Gasteiger partial charge in [-0.1, -0.05) is 12.1 Å². The van der Waals surface area contributed by atoms with Crippen LogP contribution < -0.4 is 11.3 Å². The van der Waals surface area contributed by atoms with Crippen LogP contribution >= 0.6 is 0 Å². The maximum atomic E-state index is 11.8. The van der Waals surface area contributed by atoms with Gasteiger partial charge in [-0.2, -0.15) is 9.50 Å². The zero-order valence-electron chi connectivity index (χ0n) is 10.6. The average molecular weight is 255 g/mol. The number of nitrogens with two attached hydrogens (primary N) is 1. The van der Waals surface area contributed by atoms with Gasteiger partial charge in [0.1, 0.15) is 0 Å². The Kier molecular flexibility index (Phi) is 2.38. The maximum Gasteiger partial charge on any atom is 0.274 e. The van der Waals surface area contributed by atoms with Gasteiger partial charge in [0.2, 0.25) is 0 Å². The van der Waals surface area contributed by atoms with Crippen LogP contribution in [0, 0.1) is 13.8 Å². The minimum atomic E-state index is -0.179. The van der Waals surface area contributed by atoms with Gasteiger partial charge in [0.25, 0.3) is 11.3 Å². The summed E-state index contributed by atoms with van der Waals surface area (Å²) in [4.78, 5) is 20.3. The molecule has 6 heteroatoms. The monoisotopic (exact) mass is 255 g/mol. The summed E-state index contributed by atoms with van der Waals surface area (Å²) >= 11 is 0. The van der Waals surface area contributed by atoms with Crippen molar-refractivity contribution in [2.24, 2.45) is 0 Å². The van der Waals surface area contributed by atoms with Crippen LogP contribution in [0.1, 0.15) is 11.3 Å². The second-order valence-corrected chi connectivity index (χ2v) is 4.51. The number of benzene rings is 1. The van der Waals surface area contributed by atoms with Crippen LogP contribution in [0.3, 0.4) is 0 Å². The number of nitrogens with one attached hydrogen (secondary N) is 1. The molecule has 0 radical (unpaired) electrons. The Balaban J connectivity index is 2.23. The standard InChI is InChI=1S/C13H13N5O/c1-7-3-4-9(6-10(7)14)12-16-13-15-8(2)5-11(19)18(13)17-12/h3-6H,14H2,1-2H3,(H,15,16,17). The summed E-state index contributed by atoms with van der Waals surface area (Å²) < 4.78 is 1.32. The lowest BCUT2D eigenvalue weighted by molar-refractivity contribution is 0.892. The van der Waals surface area contributed by atoms with E-state index in [1.54, 1.807) is 6.92 Å². The van der Waals surface area contributed by atoms with Crippen LogP contribution in [0.4, 0.5) is 5.69 Å². The van der Waals surface area contributed by atoms with E-state index < -0.39 is 0 Å². The first-order chi connectivity index (χ1) is 9.04. The first-order valence-electron chi connectivity index (χ1n) is 5.87. The third kappa shape index (κ3) is 1.87. The molecule has 19 heavy (non-hydrogen) atoms. The fourth-order valence-electron chi connectivity index (χ4n) is 1.91. The van der Waals surface area contributed by atoms with Crippen molar-refractivity contribution in [3.05, 3.63) is 45.9 Å². The normalized spacial score (nSPS) is 11.1. The van der Waals surface area contributed by atoms with E-state index in [0.717, 1.165) is 11.1 Å². The zero-order chi connectivity index (χ0) is 13.6. The molecule has 0 saturated carbocycles. The Morgan fingerprint density at radius 2 is 2.00 bits per heavy atom. The molecule has 96 valence electrons. The van der Waals surface area contributed by atoms with Gasteiger partial charge in [0, 0.05) is 23.0 Å². The van der Waals surface area contributed by atoms with E-state index in [0.29, 0.717) is 23.0 Å². The number of anilines is 1. The van der Waals surface area contributed by atoms with Gasteiger partial charge in [0.05, 0.1) is 0 Å². The van der Waals surface area contributed by atoms with Crippen LogP contribution in [-0.4, -0.2) is 19.6 Å². The minimum absolute atomic E-state index is 0.179. The van der Waals surface area contributed by atoms with E-state index in [-0.39, 0.29) is 5.56 Å². The number of hydrogen-bond donors (Lipinski definition) is 2. The SMILES string of the molecule is Cc1cc(=O)n2[nH]c(-c3ccc(C)c(N)c3)nc2n1. The molecular formula is C13H13N5O. The van der Waals surface area contributed by atoms with Crippen molar-refractivity contribution in [1.29, 1.82) is 0 Å². The second-order valence-electron chi connectivity index (χ2n) is 4.51. The highest BCUT2D eigenvalue weighted by molar-refractivity contribution is 5.64. The van der Waals surface area contributed by atoms with Crippen molar-refractivity contribution < 1.29 is 0 Å². The topological polar surface area (TPSA) is 89.1 Å². The highest BCUT2D eigenvalue weighted by Gasteiger charge is 2.09. The molecule has 2 aromatic heterocycles. The molecule has 2 heterocycles. The molecule has 3 N–H and O–H groups in total. The second kappa shape index (κ2) is 3.94. The molecule has 0 spiro atoms. The van der Waals surface area contributed by atoms with Crippen LogP contribution in [0.15, 0.2) is 29.1 Å². The number of fused-ring (bicyclic) bond motifs is 1. The number of rotatable bonds is 1. The number of nitrogen functional groups attached to an aromatic ring is 1. The molecule has 0 saturated heterocycles. The summed E-state index contributed by atoms with van der Waals surface area (Å²) in [5.74, 6) is 0.932. The fourth-order valence-corrected chi connectivity index (χ4v) is 1.91. The van der Waals surface area contributed by atoms with E-state index in [4.69, 9.17) is 5.73 Å². The molecule has 3 rings (SSSR count). The van der Waals surface area contributed by atoms with Crippen LogP contribution in [-0.2, 0) is 0 Å². The Labute approximate surface area is 108 Å². The lowest BCUT2D eigenvalue weighted by atomic mass is 10.1. The lowest BCUT2D eigenvalue weighted by Gasteiger charge is -2.01. The molecule has 0 amide bonds. The lowest BCUT2D eigenvalue weighted by Crippen LogP contribution is -2.14. The molecule has 0 aliphatic carbocycles. The Morgan fingerprint density at radius 3 is 2.74 bits per heavy atom. The molecule has 0 aliphatic heterocycles. The molecule has 0 atom stereocenters. The van der Waals surface area contributed by atoms with Crippen molar-refractivity contribution in [1.82, 2.24) is 19.6 Å². The third-order valence-corrected chi connectivity index (χ3v) is 3.01. The number of aromatic amines is 1. The Morgan fingerprint density at radius 1 is 1.21 bits per heavy atom. The molecule has 1 aromatic carbocycles. The van der Waals surface area contributed by atoms with Crippen molar-refractivity contribution >= 4 is 11.5 Å². The zero-order valence-corrected chi connectivity index (χ0v) is 10.6. The molecule has 3 aromatic rings. The van der Waals surface area contributed by atoms with Gasteiger partial charge in [0.15, 0.2) is 5.82 Å². The number of aryl methyl sites for hydroxylation is 2. The largest absolute Gasteiger partial charge is 0.398 e. The average Bonchev–Trinajstić information content (AvgIpc) is 2.76. The molecular weight excluding hydrogens is 242 g/mol. The quantitative estimate of drug-likeness (QED) is 0.641. The predicted molar refractivity (Wildman–Crippen MR) is 72.9 cm³/mol. The van der Waals surface area contributed by atoms with Gasteiger partial charge in [-0.15, -0.1) is 0 Å². The van der Waals surface area contributed by atoms with E-state index in [1.165, 1.54) is 10.6 Å². The molecule has 6 nitrogen and oxygen atoms in total. The summed E-state index contributed by atoms with van der Waals surface area (Å²) in [6.07, 6.45) is 0. The summed E-state index contributed by atoms with van der Waals surface area (Å²) in [5, 5.41) is 2.93. The summed E-state index contributed by atoms with van der Waals surface area (Å²) in [6.45, 7) is 3.70. The van der Waals surface area contributed by atoms with E-state index in [2.05, 4.69) is 15.1 Å². The van der Waals surface area contributed by atoms with Gasteiger partial charge in [-0.05, 0) is 25.5 Å². The number of hydrogen-bond acceptors (Lipinski definition) is 4. The van der Waals surface area contributed by atoms with Crippen LogP contribution in [0.5, 0.6) is 0 Å². The van der Waals surface area contributed by atoms with Crippen molar-refractivity contribution in [2.75, 3.05) is 5.73 Å². The van der Waals surface area contributed by atoms with Crippen molar-refractivity contribution in [3.63, 3.8) is 0 Å². The van der Waals surface area contributed by atoms with Crippen LogP contribution in [0.2, 0.25) is 0 Å². The molecule has 0 unspecified atom stereocenters. The fraction of sp³-hybridized carbons (Fsp3) is 0.154. The summed E-state index contributed by atoms with van der Waals surface area (Å²) in [5.41, 5.74) is 8.87. The number of nitrogens with zero attached hydrogens (tertiary/aromatic N) is 3. The summed E-state index contributed by atoms with van der Waals surface area (Å²) in [7, 11) is 0. The molecule has 0 bridgehead atoms. The van der Waals surface area contributed by atoms with E-state index in [1.807, 2.05) is 25.1 Å². The maximum absolute atomic E-state index is 11.8.